The average molecular weight is 247 g/mol. The van der Waals surface area contributed by atoms with Crippen LogP contribution in [0.3, 0.4) is 0 Å². The maximum atomic E-state index is 6.11. The summed E-state index contributed by atoms with van der Waals surface area (Å²) >= 11 is 0. The Morgan fingerprint density at radius 2 is 2.33 bits per heavy atom. The molecule has 0 radical (unpaired) electrons. The van der Waals surface area contributed by atoms with Crippen LogP contribution in [0.25, 0.3) is 11.2 Å². The van der Waals surface area contributed by atoms with Gasteiger partial charge in [-0.2, -0.15) is 0 Å². The van der Waals surface area contributed by atoms with Gasteiger partial charge in [0.1, 0.15) is 11.6 Å². The summed E-state index contributed by atoms with van der Waals surface area (Å²) in [5, 5.41) is 3.00. The number of nitrogens with zero attached hydrogens (tertiary/aromatic N) is 2. The first-order chi connectivity index (χ1) is 8.63. The first-order valence-electron chi connectivity index (χ1n) is 6.02. The highest BCUT2D eigenvalue weighted by molar-refractivity contribution is 5.73. The van der Waals surface area contributed by atoms with E-state index >= 15 is 0 Å². The molecule has 4 N–H and O–H groups in total. The van der Waals surface area contributed by atoms with Crippen molar-refractivity contribution < 1.29 is 4.74 Å². The largest absolute Gasteiger partial charge is 0.379 e. The quantitative estimate of drug-likeness (QED) is 0.723. The Kier molecular flexibility index (Phi) is 2.49. The Balaban J connectivity index is 2.08. The molecule has 2 unspecified atom stereocenters. The van der Waals surface area contributed by atoms with Gasteiger partial charge in [0.2, 0.25) is 0 Å². The first-order valence-corrected chi connectivity index (χ1v) is 6.02. The van der Waals surface area contributed by atoms with Gasteiger partial charge in [0, 0.05) is 13.1 Å². The molecule has 0 spiro atoms. The minimum atomic E-state index is -0.263. The van der Waals surface area contributed by atoms with E-state index in [0.29, 0.717) is 18.9 Å². The third kappa shape index (κ3) is 1.57. The normalized spacial score (nSPS) is 27.8. The van der Waals surface area contributed by atoms with Crippen LogP contribution in [0.5, 0.6) is 0 Å². The molecular weight excluding hydrogens is 230 g/mol. The van der Waals surface area contributed by atoms with Gasteiger partial charge in [0.15, 0.2) is 5.65 Å². The van der Waals surface area contributed by atoms with Crippen LogP contribution in [0, 0.1) is 0 Å². The Labute approximate surface area is 105 Å². The van der Waals surface area contributed by atoms with Gasteiger partial charge in [0.25, 0.3) is 0 Å². The van der Waals surface area contributed by atoms with Gasteiger partial charge in [-0.25, -0.2) is 9.97 Å². The van der Waals surface area contributed by atoms with Crippen LogP contribution in [0.2, 0.25) is 0 Å². The summed E-state index contributed by atoms with van der Waals surface area (Å²) in [5.41, 5.74) is 7.47. The van der Waals surface area contributed by atoms with Crippen molar-refractivity contribution in [1.29, 1.82) is 0 Å². The van der Waals surface area contributed by atoms with Crippen LogP contribution >= 0.6 is 0 Å². The van der Waals surface area contributed by atoms with E-state index in [2.05, 4.69) is 27.2 Å². The number of ether oxygens (including phenoxy) is 1. The standard InChI is InChI=1S/C12H17N5O/c1-12(6-18-5-8(12)13)11-15-7-3-4-9(14-2)16-10(7)17-11/h3-4,8H,5-6,13H2,1-2H3,(H2,14,15,16,17). The van der Waals surface area contributed by atoms with Crippen molar-refractivity contribution in [1.82, 2.24) is 15.0 Å². The molecule has 6 nitrogen and oxygen atoms in total. The van der Waals surface area contributed by atoms with Gasteiger partial charge in [-0.3, -0.25) is 0 Å². The summed E-state index contributed by atoms with van der Waals surface area (Å²) in [6.45, 7) is 3.23. The third-order valence-corrected chi connectivity index (χ3v) is 3.66. The molecule has 0 aliphatic carbocycles. The molecule has 0 aromatic carbocycles. The number of anilines is 1. The van der Waals surface area contributed by atoms with Gasteiger partial charge in [-0.05, 0) is 19.1 Å². The van der Waals surface area contributed by atoms with Crippen LogP contribution in [0.15, 0.2) is 12.1 Å². The lowest BCUT2D eigenvalue weighted by Gasteiger charge is -2.23. The molecule has 2 aromatic heterocycles. The molecule has 18 heavy (non-hydrogen) atoms. The zero-order valence-corrected chi connectivity index (χ0v) is 10.5. The van der Waals surface area contributed by atoms with Crippen LogP contribution in [-0.4, -0.2) is 41.3 Å². The predicted molar refractivity (Wildman–Crippen MR) is 69.6 cm³/mol. The van der Waals surface area contributed by atoms with Crippen LogP contribution < -0.4 is 11.1 Å². The molecule has 0 saturated carbocycles. The van der Waals surface area contributed by atoms with E-state index < -0.39 is 0 Å². The molecule has 3 rings (SSSR count). The van der Waals surface area contributed by atoms with E-state index in [-0.39, 0.29) is 11.5 Å². The zero-order chi connectivity index (χ0) is 12.8. The number of nitrogens with one attached hydrogen (secondary N) is 2. The van der Waals surface area contributed by atoms with E-state index in [0.717, 1.165) is 17.2 Å². The number of nitrogens with two attached hydrogens (primary N) is 1. The summed E-state index contributed by atoms with van der Waals surface area (Å²) in [6.07, 6.45) is 0. The minimum absolute atomic E-state index is 0.0400. The molecule has 96 valence electrons. The molecular formula is C12H17N5O. The number of imidazole rings is 1. The van der Waals surface area contributed by atoms with Gasteiger partial charge in [0.05, 0.1) is 24.1 Å². The highest BCUT2D eigenvalue weighted by atomic mass is 16.5. The van der Waals surface area contributed by atoms with Crippen LogP contribution in [0.4, 0.5) is 5.82 Å². The molecule has 1 saturated heterocycles. The first kappa shape index (κ1) is 11.4. The highest BCUT2D eigenvalue weighted by Gasteiger charge is 2.41. The number of aromatic amines is 1. The highest BCUT2D eigenvalue weighted by Crippen LogP contribution is 2.31. The van der Waals surface area contributed by atoms with Crippen molar-refractivity contribution in [3.8, 4) is 0 Å². The van der Waals surface area contributed by atoms with E-state index in [1.165, 1.54) is 0 Å². The predicted octanol–water partition coefficient (Wildman–Crippen LogP) is 0.615. The van der Waals surface area contributed by atoms with Gasteiger partial charge >= 0.3 is 0 Å². The van der Waals surface area contributed by atoms with E-state index in [9.17, 15) is 0 Å². The van der Waals surface area contributed by atoms with Crippen LogP contribution in [0.1, 0.15) is 12.7 Å². The van der Waals surface area contributed by atoms with Crippen LogP contribution in [-0.2, 0) is 10.2 Å². The van der Waals surface area contributed by atoms with Crippen molar-refractivity contribution in [3.63, 3.8) is 0 Å². The fourth-order valence-corrected chi connectivity index (χ4v) is 2.24. The van der Waals surface area contributed by atoms with E-state index in [4.69, 9.17) is 10.5 Å². The SMILES string of the molecule is CNc1ccc2[nH]c(C3(C)COCC3N)nc2n1. The lowest BCUT2D eigenvalue weighted by molar-refractivity contribution is 0.178. The van der Waals surface area contributed by atoms with Crippen molar-refractivity contribution in [2.24, 2.45) is 5.73 Å². The number of fused-ring (bicyclic) bond motifs is 1. The number of aromatic nitrogens is 3. The smallest absolute Gasteiger partial charge is 0.179 e. The second kappa shape index (κ2) is 3.93. The van der Waals surface area contributed by atoms with Gasteiger partial charge in [-0.15, -0.1) is 0 Å². The lowest BCUT2D eigenvalue weighted by Crippen LogP contribution is -2.42. The minimum Gasteiger partial charge on any atom is -0.379 e. The van der Waals surface area contributed by atoms with Crippen molar-refractivity contribution in [2.45, 2.75) is 18.4 Å². The third-order valence-electron chi connectivity index (χ3n) is 3.66. The number of hydrogen-bond donors (Lipinski definition) is 3. The molecule has 0 amide bonds. The second-order valence-electron chi connectivity index (χ2n) is 4.94. The van der Waals surface area contributed by atoms with Gasteiger partial charge in [-0.1, -0.05) is 0 Å². The Bertz CT molecular complexity index is 581. The topological polar surface area (TPSA) is 88.8 Å². The number of hydrogen-bond acceptors (Lipinski definition) is 5. The van der Waals surface area contributed by atoms with E-state index in [1.54, 1.807) is 0 Å². The maximum absolute atomic E-state index is 6.11. The zero-order valence-electron chi connectivity index (χ0n) is 10.5. The fraction of sp³-hybridized carbons (Fsp3) is 0.500. The molecule has 2 aromatic rings. The van der Waals surface area contributed by atoms with Gasteiger partial charge < -0.3 is 20.8 Å². The van der Waals surface area contributed by atoms with Crippen molar-refractivity contribution >= 4 is 17.0 Å². The Morgan fingerprint density at radius 1 is 1.50 bits per heavy atom. The maximum Gasteiger partial charge on any atom is 0.179 e. The van der Waals surface area contributed by atoms with Crippen molar-refractivity contribution in [3.05, 3.63) is 18.0 Å². The van der Waals surface area contributed by atoms with Crippen molar-refractivity contribution in [2.75, 3.05) is 25.6 Å². The average Bonchev–Trinajstić information content (AvgIpc) is 2.94. The van der Waals surface area contributed by atoms with E-state index in [1.807, 2.05) is 19.2 Å². The number of pyridine rings is 1. The molecule has 1 aliphatic heterocycles. The molecule has 0 bridgehead atoms. The molecule has 1 aliphatic rings. The second-order valence-corrected chi connectivity index (χ2v) is 4.94. The molecule has 3 heterocycles. The molecule has 6 heteroatoms. The number of H-pyrrole nitrogens is 1. The monoisotopic (exact) mass is 247 g/mol. The summed E-state index contributed by atoms with van der Waals surface area (Å²) < 4.78 is 5.45. The fourth-order valence-electron chi connectivity index (χ4n) is 2.24. The summed E-state index contributed by atoms with van der Waals surface area (Å²) in [6, 6.07) is 3.84. The molecule has 2 atom stereocenters. The molecule has 1 fully saturated rings. The Morgan fingerprint density at radius 3 is 3.00 bits per heavy atom. The Hall–Kier alpha value is -1.66. The summed E-state index contributed by atoms with van der Waals surface area (Å²) in [5.74, 6) is 1.65. The summed E-state index contributed by atoms with van der Waals surface area (Å²) in [7, 11) is 1.84. The lowest BCUT2D eigenvalue weighted by atomic mass is 9.85. The summed E-state index contributed by atoms with van der Waals surface area (Å²) in [4.78, 5) is 12.3. The number of rotatable bonds is 2.